The van der Waals surface area contributed by atoms with Crippen molar-refractivity contribution >= 4 is 12.4 Å². The standard InChI is InChI=1S/C6H12N4.ClH.Cr/c1-7-2-9-4-8(1)5-10(3-7)6-9;;/h1-6H2;1H;. The topological polar surface area (TPSA) is 13.0 Å². The summed E-state index contributed by atoms with van der Waals surface area (Å²) < 4.78 is 0. The van der Waals surface area contributed by atoms with E-state index >= 15 is 0 Å². The van der Waals surface area contributed by atoms with Crippen LogP contribution in [0.25, 0.3) is 0 Å². The van der Waals surface area contributed by atoms with E-state index in [1.807, 2.05) is 0 Å². The summed E-state index contributed by atoms with van der Waals surface area (Å²) in [7, 11) is 0. The van der Waals surface area contributed by atoms with Gasteiger partial charge >= 0.3 is 0 Å². The third kappa shape index (κ3) is 1.64. The Labute approximate surface area is 89.6 Å². The third-order valence-electron chi connectivity index (χ3n) is 2.40. The Morgan fingerprint density at radius 2 is 0.667 bits per heavy atom. The monoisotopic (exact) mass is 228 g/mol. The molecule has 4 saturated heterocycles. The molecular weight excluding hydrogens is 216 g/mol. The van der Waals surface area contributed by atoms with Crippen molar-refractivity contribution in [1.82, 2.24) is 19.6 Å². The molecule has 0 spiro atoms. The summed E-state index contributed by atoms with van der Waals surface area (Å²) in [6.45, 7) is 7.12. The Morgan fingerprint density at radius 1 is 0.500 bits per heavy atom. The first-order chi connectivity index (χ1) is 4.90. The van der Waals surface area contributed by atoms with Gasteiger partial charge in [-0.25, -0.2) is 0 Å². The van der Waals surface area contributed by atoms with Gasteiger partial charge in [-0.05, 0) is 0 Å². The van der Waals surface area contributed by atoms with Gasteiger partial charge in [0.15, 0.2) is 0 Å². The van der Waals surface area contributed by atoms with Gasteiger partial charge in [0.25, 0.3) is 0 Å². The summed E-state index contributed by atoms with van der Waals surface area (Å²) in [6, 6.07) is 0. The third-order valence-corrected chi connectivity index (χ3v) is 2.40. The van der Waals surface area contributed by atoms with E-state index in [0.717, 1.165) is 0 Å². The molecule has 0 atom stereocenters. The molecule has 0 unspecified atom stereocenters. The molecule has 0 N–H and O–H groups in total. The van der Waals surface area contributed by atoms with Crippen molar-refractivity contribution in [2.45, 2.75) is 0 Å². The molecule has 12 heavy (non-hydrogen) atoms. The van der Waals surface area contributed by atoms with Gasteiger partial charge in [0.2, 0.25) is 0 Å². The maximum atomic E-state index is 2.47. The minimum absolute atomic E-state index is 0. The van der Waals surface area contributed by atoms with Crippen molar-refractivity contribution < 1.29 is 17.4 Å². The first-order valence-electron chi connectivity index (χ1n) is 3.79. The van der Waals surface area contributed by atoms with E-state index in [4.69, 9.17) is 0 Å². The molecule has 4 heterocycles. The fourth-order valence-corrected chi connectivity index (χ4v) is 2.23. The van der Waals surface area contributed by atoms with E-state index < -0.39 is 0 Å². The second-order valence-corrected chi connectivity index (χ2v) is 3.53. The van der Waals surface area contributed by atoms with Crippen molar-refractivity contribution in [2.75, 3.05) is 40.0 Å². The number of hydrogen-bond donors (Lipinski definition) is 0. The van der Waals surface area contributed by atoms with Crippen LogP contribution < -0.4 is 0 Å². The van der Waals surface area contributed by atoms with Gasteiger partial charge in [0.05, 0.1) is 40.0 Å². The molecule has 4 fully saturated rings. The van der Waals surface area contributed by atoms with Crippen LogP contribution in [0.5, 0.6) is 0 Å². The second kappa shape index (κ2) is 3.81. The second-order valence-electron chi connectivity index (χ2n) is 3.53. The maximum Gasteiger partial charge on any atom is 0.0555 e. The fourth-order valence-electron chi connectivity index (χ4n) is 2.23. The molecule has 0 amide bonds. The van der Waals surface area contributed by atoms with E-state index in [1.165, 1.54) is 40.0 Å². The van der Waals surface area contributed by atoms with E-state index in [9.17, 15) is 0 Å². The molecule has 70 valence electrons. The number of hydrogen-bond acceptors (Lipinski definition) is 4. The maximum absolute atomic E-state index is 2.47. The average molecular weight is 229 g/mol. The Kier molecular flexibility index (Phi) is 3.41. The van der Waals surface area contributed by atoms with Gasteiger partial charge in [0.1, 0.15) is 0 Å². The molecule has 0 aliphatic carbocycles. The Morgan fingerprint density at radius 3 is 0.833 bits per heavy atom. The SMILES string of the molecule is C1N2CN3CN1CN(C2)C3.Cl.[Cr]. The predicted molar refractivity (Wildman–Crippen MR) is 43.8 cm³/mol. The van der Waals surface area contributed by atoms with E-state index in [-0.39, 0.29) is 29.8 Å². The molecule has 4 bridgehead atoms. The van der Waals surface area contributed by atoms with Crippen LogP contribution in [0.4, 0.5) is 0 Å². The van der Waals surface area contributed by atoms with Gasteiger partial charge in [-0.15, -0.1) is 12.4 Å². The van der Waals surface area contributed by atoms with Crippen molar-refractivity contribution in [3.05, 3.63) is 0 Å². The number of halogens is 1. The van der Waals surface area contributed by atoms with Crippen molar-refractivity contribution in [3.8, 4) is 0 Å². The van der Waals surface area contributed by atoms with Crippen LogP contribution in [0.1, 0.15) is 0 Å². The molecule has 0 aromatic rings. The van der Waals surface area contributed by atoms with Crippen LogP contribution in [-0.2, 0) is 17.4 Å². The summed E-state index contributed by atoms with van der Waals surface area (Å²) in [5.74, 6) is 0. The largest absolute Gasteiger partial charge is 0.264 e. The summed E-state index contributed by atoms with van der Waals surface area (Å²) in [5, 5.41) is 0. The summed E-state index contributed by atoms with van der Waals surface area (Å²) in [6.07, 6.45) is 0. The molecule has 6 heteroatoms. The molecule has 0 aromatic carbocycles. The fraction of sp³-hybridized carbons (Fsp3) is 1.00. The molecule has 4 nitrogen and oxygen atoms in total. The number of nitrogens with zero attached hydrogens (tertiary/aromatic N) is 4. The summed E-state index contributed by atoms with van der Waals surface area (Å²) >= 11 is 0. The molecule has 0 saturated carbocycles. The van der Waals surface area contributed by atoms with Crippen LogP contribution in [0.3, 0.4) is 0 Å². The zero-order valence-corrected chi connectivity index (χ0v) is 8.94. The number of rotatable bonds is 0. The quantitative estimate of drug-likeness (QED) is 0.549. The minimum Gasteiger partial charge on any atom is -0.264 e. The Bertz CT molecular complexity index is 111. The first-order valence-corrected chi connectivity index (χ1v) is 3.79. The van der Waals surface area contributed by atoms with Crippen LogP contribution in [0.15, 0.2) is 0 Å². The zero-order valence-electron chi connectivity index (χ0n) is 6.85. The summed E-state index contributed by atoms with van der Waals surface area (Å²) in [5.41, 5.74) is 0. The smallest absolute Gasteiger partial charge is 0.0555 e. The van der Waals surface area contributed by atoms with Crippen LogP contribution in [-0.4, -0.2) is 59.6 Å². The van der Waals surface area contributed by atoms with Gasteiger partial charge in [0, 0.05) is 17.4 Å². The van der Waals surface area contributed by atoms with Gasteiger partial charge in [-0.3, -0.25) is 19.6 Å². The van der Waals surface area contributed by atoms with E-state index in [2.05, 4.69) is 19.6 Å². The predicted octanol–water partition coefficient (Wildman–Crippen LogP) is -0.601. The van der Waals surface area contributed by atoms with Gasteiger partial charge in [-0.2, -0.15) is 0 Å². The molecule has 0 radical (unpaired) electrons. The molecule has 4 rings (SSSR count). The summed E-state index contributed by atoms with van der Waals surface area (Å²) in [4.78, 5) is 9.88. The molecule has 4 aliphatic heterocycles. The molecule has 4 aliphatic rings. The van der Waals surface area contributed by atoms with E-state index in [0.29, 0.717) is 0 Å². The van der Waals surface area contributed by atoms with Gasteiger partial charge in [-0.1, -0.05) is 0 Å². The van der Waals surface area contributed by atoms with Crippen molar-refractivity contribution in [3.63, 3.8) is 0 Å². The van der Waals surface area contributed by atoms with E-state index in [1.54, 1.807) is 0 Å². The Balaban J connectivity index is 0.000000360. The van der Waals surface area contributed by atoms with Crippen LogP contribution in [0, 0.1) is 0 Å². The van der Waals surface area contributed by atoms with Crippen molar-refractivity contribution in [2.24, 2.45) is 0 Å². The average Bonchev–Trinajstić information content (AvgIpc) is 1.82. The van der Waals surface area contributed by atoms with Crippen molar-refractivity contribution in [1.29, 1.82) is 0 Å². The minimum atomic E-state index is 0. The van der Waals surface area contributed by atoms with Crippen LogP contribution in [0.2, 0.25) is 0 Å². The first kappa shape index (κ1) is 10.7. The molecule has 0 aromatic heterocycles. The van der Waals surface area contributed by atoms with Gasteiger partial charge < -0.3 is 0 Å². The zero-order chi connectivity index (χ0) is 6.55. The van der Waals surface area contributed by atoms with Crippen LogP contribution >= 0.6 is 12.4 Å². The Hall–Kier alpha value is 0.662. The molecular formula is C6H13ClCrN4. The normalized spacial score (nSPS) is 48.0.